The van der Waals surface area contributed by atoms with Crippen LogP contribution in [-0.4, -0.2) is 110 Å². The summed E-state index contributed by atoms with van der Waals surface area (Å²) in [4.78, 5) is 95.2. The predicted octanol–water partition coefficient (Wildman–Crippen LogP) is -1.67. The molecule has 0 aliphatic carbocycles. The van der Waals surface area contributed by atoms with Crippen molar-refractivity contribution in [2.24, 2.45) is 28.1 Å². The van der Waals surface area contributed by atoms with E-state index in [0.29, 0.717) is 18.4 Å². The second-order valence-electron chi connectivity index (χ2n) is 12.4. The lowest BCUT2D eigenvalue weighted by Gasteiger charge is -2.34. The molecule has 1 aromatic carbocycles. The molecular weight excluding hydrogens is 656 g/mol. The number of carboxylic acid groups (broad SMARTS) is 2. The minimum Gasteiger partial charge on any atom is -0.508 e. The van der Waals surface area contributed by atoms with Gasteiger partial charge in [0, 0.05) is 19.5 Å². The van der Waals surface area contributed by atoms with Crippen LogP contribution in [0.2, 0.25) is 0 Å². The molecule has 0 unspecified atom stereocenters. The van der Waals surface area contributed by atoms with Crippen molar-refractivity contribution in [3.05, 3.63) is 29.8 Å². The maximum Gasteiger partial charge on any atom is 0.326 e. The number of hydrogen-bond acceptors (Lipinski definition) is 10. The number of guanidine groups is 1. The number of nitrogens with one attached hydrogen (secondary N) is 3. The highest BCUT2D eigenvalue weighted by atomic mass is 16.4. The van der Waals surface area contributed by atoms with Crippen molar-refractivity contribution in [3.63, 3.8) is 0 Å². The molecule has 1 aliphatic heterocycles. The van der Waals surface area contributed by atoms with E-state index in [0.717, 1.165) is 11.8 Å². The Balaban J connectivity index is 2.24. The molecule has 18 nitrogen and oxygen atoms in total. The number of hydrogen-bond donors (Lipinski definition) is 9. The predicted molar refractivity (Wildman–Crippen MR) is 179 cm³/mol. The SMILES string of the molecule is CC[C@H](C)[C@H](NC(=O)[C@H](CC(=O)O)NC(=O)[C@@H]1CCCN1C(=O)[C@@](N)(CCCN=C(N)N)C(C)=O)C(=O)N[C@@H](Cc1ccc(O)cc1)C(=O)O. The standard InChI is InChI=1S/C32H48N8O10/c1-4-17(2)25(28(47)38-22(29(48)49)15-19-8-10-20(42)11-9-19)39-26(45)21(16-24(43)44)37-27(46)23-7-5-14-40(23)30(50)32(35,18(3)41)12-6-13-36-31(33)34/h8-11,17,21-23,25,42H,4-7,12-16,35H2,1-3H3,(H,37,46)(H,38,47)(H,39,45)(H,43,44)(H,48,49)(H4,33,34,36)/t17-,21-,22-,23-,25-,32+/m0/s1. The first-order chi connectivity index (χ1) is 23.4. The van der Waals surface area contributed by atoms with Gasteiger partial charge in [-0.15, -0.1) is 0 Å². The number of amides is 4. The monoisotopic (exact) mass is 704 g/mol. The van der Waals surface area contributed by atoms with Gasteiger partial charge in [-0.3, -0.25) is 33.8 Å². The second kappa shape index (κ2) is 18.5. The van der Waals surface area contributed by atoms with Crippen LogP contribution in [0.15, 0.2) is 29.3 Å². The Morgan fingerprint density at radius 2 is 1.64 bits per heavy atom. The summed E-state index contributed by atoms with van der Waals surface area (Å²) in [5.41, 5.74) is 15.4. The summed E-state index contributed by atoms with van der Waals surface area (Å²) in [5.74, 6) is -7.78. The molecule has 1 saturated heterocycles. The number of ketones is 1. The number of nitrogens with two attached hydrogens (primary N) is 3. The minimum atomic E-state index is -1.99. The number of carbonyl (C=O) groups is 7. The van der Waals surface area contributed by atoms with Gasteiger partial charge >= 0.3 is 11.9 Å². The third-order valence-electron chi connectivity index (χ3n) is 8.65. The van der Waals surface area contributed by atoms with Crippen molar-refractivity contribution in [1.29, 1.82) is 0 Å². The molecule has 50 heavy (non-hydrogen) atoms. The zero-order valence-corrected chi connectivity index (χ0v) is 28.4. The molecule has 0 bridgehead atoms. The van der Waals surface area contributed by atoms with Gasteiger partial charge in [-0.2, -0.15) is 0 Å². The van der Waals surface area contributed by atoms with E-state index in [4.69, 9.17) is 17.2 Å². The highest BCUT2D eigenvalue weighted by Crippen LogP contribution is 2.24. The summed E-state index contributed by atoms with van der Waals surface area (Å²) < 4.78 is 0. The first kappa shape index (κ1) is 40.9. The number of carboxylic acids is 2. The van der Waals surface area contributed by atoms with Crippen LogP contribution in [0.25, 0.3) is 0 Å². The van der Waals surface area contributed by atoms with Crippen molar-refractivity contribution in [3.8, 4) is 5.75 Å². The normalized spacial score (nSPS) is 17.6. The largest absolute Gasteiger partial charge is 0.508 e. The number of likely N-dealkylation sites (tertiary alicyclic amines) is 1. The van der Waals surface area contributed by atoms with Gasteiger partial charge in [0.2, 0.25) is 17.7 Å². The van der Waals surface area contributed by atoms with Crippen LogP contribution in [0.3, 0.4) is 0 Å². The Labute approximate surface area is 289 Å². The van der Waals surface area contributed by atoms with Crippen molar-refractivity contribution < 1.29 is 48.9 Å². The average Bonchev–Trinajstić information content (AvgIpc) is 3.54. The van der Waals surface area contributed by atoms with Gasteiger partial charge in [-0.25, -0.2) is 4.79 Å². The van der Waals surface area contributed by atoms with Crippen LogP contribution in [0.4, 0.5) is 0 Å². The summed E-state index contributed by atoms with van der Waals surface area (Å²) in [6.45, 7) is 4.66. The number of nitrogens with zero attached hydrogens (tertiary/aromatic N) is 2. The van der Waals surface area contributed by atoms with E-state index < -0.39 is 83.4 Å². The van der Waals surface area contributed by atoms with Crippen molar-refractivity contribution in [2.75, 3.05) is 13.1 Å². The molecule has 2 rings (SSSR count). The zero-order chi connectivity index (χ0) is 37.8. The molecule has 18 heteroatoms. The topological polar surface area (TPSA) is 310 Å². The highest BCUT2D eigenvalue weighted by molar-refractivity contribution is 6.10. The lowest BCUT2D eigenvalue weighted by atomic mass is 9.88. The van der Waals surface area contributed by atoms with Crippen LogP contribution in [0.5, 0.6) is 5.75 Å². The van der Waals surface area contributed by atoms with Crippen LogP contribution in [0, 0.1) is 5.92 Å². The number of carbonyl (C=O) groups excluding carboxylic acids is 5. The molecule has 0 saturated carbocycles. The van der Waals surface area contributed by atoms with Gasteiger partial charge in [0.15, 0.2) is 17.3 Å². The number of aliphatic imine (C=N–C) groups is 1. The molecule has 1 fully saturated rings. The molecule has 0 aromatic heterocycles. The van der Waals surface area contributed by atoms with E-state index in [1.54, 1.807) is 13.8 Å². The fourth-order valence-corrected chi connectivity index (χ4v) is 5.48. The summed E-state index contributed by atoms with van der Waals surface area (Å²) in [6.07, 6.45) is -0.120. The zero-order valence-electron chi connectivity index (χ0n) is 28.4. The summed E-state index contributed by atoms with van der Waals surface area (Å²) >= 11 is 0. The van der Waals surface area contributed by atoms with E-state index in [9.17, 15) is 48.9 Å². The molecule has 12 N–H and O–H groups in total. The number of Topliss-reactive ketones (excluding diaryl/α,β-unsaturated/α-hetero) is 1. The van der Waals surface area contributed by atoms with E-state index >= 15 is 0 Å². The van der Waals surface area contributed by atoms with E-state index in [-0.39, 0.29) is 50.5 Å². The van der Waals surface area contributed by atoms with Gasteiger partial charge in [0.1, 0.15) is 29.9 Å². The smallest absolute Gasteiger partial charge is 0.326 e. The first-order valence-electron chi connectivity index (χ1n) is 16.2. The number of aromatic hydroxyl groups is 1. The van der Waals surface area contributed by atoms with Crippen LogP contribution in [0.1, 0.15) is 64.9 Å². The Morgan fingerprint density at radius 3 is 2.18 bits per heavy atom. The number of phenols is 1. The fourth-order valence-electron chi connectivity index (χ4n) is 5.48. The number of rotatable bonds is 19. The average molecular weight is 705 g/mol. The van der Waals surface area contributed by atoms with Crippen LogP contribution >= 0.6 is 0 Å². The first-order valence-corrected chi connectivity index (χ1v) is 16.2. The van der Waals surface area contributed by atoms with E-state index in [2.05, 4.69) is 20.9 Å². The fraction of sp³-hybridized carbons (Fsp3) is 0.562. The van der Waals surface area contributed by atoms with Gasteiger partial charge < -0.3 is 53.4 Å². The third-order valence-corrected chi connectivity index (χ3v) is 8.65. The molecule has 0 radical (unpaired) electrons. The maximum atomic E-state index is 13.6. The van der Waals surface area contributed by atoms with Crippen LogP contribution < -0.4 is 33.2 Å². The van der Waals surface area contributed by atoms with Gasteiger partial charge in [-0.1, -0.05) is 32.4 Å². The molecule has 4 amide bonds. The summed E-state index contributed by atoms with van der Waals surface area (Å²) in [7, 11) is 0. The third kappa shape index (κ3) is 11.4. The number of phenolic OH excluding ortho intramolecular Hbond substituents is 1. The lowest BCUT2D eigenvalue weighted by Crippen LogP contribution is -2.63. The van der Waals surface area contributed by atoms with Gasteiger partial charge in [0.05, 0.1) is 6.42 Å². The van der Waals surface area contributed by atoms with Crippen molar-refractivity contribution in [1.82, 2.24) is 20.9 Å². The highest BCUT2D eigenvalue weighted by Gasteiger charge is 2.47. The molecule has 1 heterocycles. The molecule has 1 aliphatic rings. The molecule has 0 spiro atoms. The number of benzene rings is 1. The van der Waals surface area contributed by atoms with Crippen LogP contribution in [-0.2, 0) is 40.0 Å². The Kier molecular flexibility index (Phi) is 15.1. The maximum absolute atomic E-state index is 13.6. The van der Waals surface area contributed by atoms with Crippen molar-refractivity contribution >= 4 is 47.3 Å². The minimum absolute atomic E-state index is 0.0287. The van der Waals surface area contributed by atoms with E-state index in [1.165, 1.54) is 24.3 Å². The molecule has 1 aromatic rings. The second-order valence-corrected chi connectivity index (χ2v) is 12.4. The lowest BCUT2D eigenvalue weighted by molar-refractivity contribution is -0.148. The molecule has 6 atom stereocenters. The van der Waals surface area contributed by atoms with E-state index in [1.807, 2.05) is 0 Å². The summed E-state index contributed by atoms with van der Waals surface area (Å²) in [6, 6.07) is 0.103. The Hall–Kier alpha value is -5.26. The molecule has 276 valence electrons. The quantitative estimate of drug-likeness (QED) is 0.0337. The van der Waals surface area contributed by atoms with Gasteiger partial charge in [0.25, 0.3) is 5.91 Å². The Morgan fingerprint density at radius 1 is 1.00 bits per heavy atom. The molecular formula is C32H48N8O10. The summed E-state index contributed by atoms with van der Waals surface area (Å²) in [5, 5.41) is 36.1. The Bertz CT molecular complexity index is 1450. The van der Waals surface area contributed by atoms with Gasteiger partial charge in [-0.05, 0) is 56.2 Å². The van der Waals surface area contributed by atoms with Crippen molar-refractivity contribution in [2.45, 2.75) is 95.4 Å². The number of aliphatic carboxylic acids is 2.